The number of epoxide rings is 1. The van der Waals surface area contributed by atoms with Crippen molar-refractivity contribution in [3.8, 4) is 5.75 Å². The summed E-state index contributed by atoms with van der Waals surface area (Å²) in [5.74, 6) is -0.348. The predicted molar refractivity (Wildman–Crippen MR) is 120 cm³/mol. The number of ether oxygens (including phenoxy) is 4. The summed E-state index contributed by atoms with van der Waals surface area (Å²) in [6.07, 6.45) is 1.77. The third-order valence-corrected chi connectivity index (χ3v) is 6.90. The summed E-state index contributed by atoms with van der Waals surface area (Å²) >= 11 is 0. The molecule has 1 aliphatic carbocycles. The second-order valence-electron chi connectivity index (χ2n) is 9.47. The van der Waals surface area contributed by atoms with Crippen molar-refractivity contribution in [2.24, 2.45) is 11.8 Å². The second-order valence-corrected chi connectivity index (χ2v) is 9.47. The Hall–Kier alpha value is -2.49. The summed E-state index contributed by atoms with van der Waals surface area (Å²) in [5.41, 5.74) is -0.555. The summed E-state index contributed by atoms with van der Waals surface area (Å²) in [5, 5.41) is 22.4. The molecule has 9 heteroatoms. The van der Waals surface area contributed by atoms with Crippen LogP contribution in [0.4, 0.5) is 10.5 Å². The molecule has 33 heavy (non-hydrogen) atoms. The molecule has 0 amide bonds. The lowest BCUT2D eigenvalue weighted by molar-refractivity contribution is -0.384. The van der Waals surface area contributed by atoms with E-state index in [4.69, 9.17) is 18.9 Å². The molecule has 1 aromatic rings. The highest BCUT2D eigenvalue weighted by atomic mass is 16.7. The Bertz CT molecular complexity index is 886. The third kappa shape index (κ3) is 5.54. The lowest BCUT2D eigenvalue weighted by Gasteiger charge is -2.49. The standard InChI is InChI=1S/C24H33NO8/c1-15(2)6-7-16(3)23(4,27)21-20(30-5)19(12-13-24(21)14-31-24)33-22(26)32-18-10-8-17(9-11-18)25(28)29/h6,8-11,16,19-21,27H,7,12-14H2,1-5H3/t16?,19-,20-,21-,23+,24+/m1/s1. The molecule has 9 nitrogen and oxygen atoms in total. The lowest BCUT2D eigenvalue weighted by atomic mass is 9.63. The van der Waals surface area contributed by atoms with Gasteiger partial charge in [-0.05, 0) is 58.1 Å². The number of nitro benzene ring substituents is 1. The summed E-state index contributed by atoms with van der Waals surface area (Å²) in [7, 11) is 1.54. The number of carbonyl (C=O) groups is 1. The van der Waals surface area contributed by atoms with Crippen molar-refractivity contribution in [3.05, 3.63) is 46.0 Å². The monoisotopic (exact) mass is 463 g/mol. The van der Waals surface area contributed by atoms with Crippen molar-refractivity contribution < 1.29 is 33.8 Å². The molecule has 0 aromatic heterocycles. The van der Waals surface area contributed by atoms with Gasteiger partial charge in [0.05, 0.1) is 22.7 Å². The van der Waals surface area contributed by atoms with E-state index in [9.17, 15) is 20.0 Å². The van der Waals surface area contributed by atoms with Crippen LogP contribution in [0.15, 0.2) is 35.9 Å². The maximum absolute atomic E-state index is 12.5. The largest absolute Gasteiger partial charge is 0.514 e. The molecular weight excluding hydrogens is 430 g/mol. The van der Waals surface area contributed by atoms with Crippen LogP contribution in [0.25, 0.3) is 0 Å². The fourth-order valence-electron chi connectivity index (χ4n) is 4.75. The fourth-order valence-corrected chi connectivity index (χ4v) is 4.75. The molecule has 1 heterocycles. The van der Waals surface area contributed by atoms with Gasteiger partial charge in [-0.15, -0.1) is 0 Å². The smallest absolute Gasteiger partial charge is 0.428 e. The lowest BCUT2D eigenvalue weighted by Crippen LogP contribution is -2.60. The first-order chi connectivity index (χ1) is 15.5. The first-order valence-corrected chi connectivity index (χ1v) is 11.2. The van der Waals surface area contributed by atoms with Gasteiger partial charge in [-0.3, -0.25) is 10.1 Å². The normalized spacial score (nSPS) is 29.0. The van der Waals surface area contributed by atoms with Gasteiger partial charge in [0.25, 0.3) is 5.69 Å². The van der Waals surface area contributed by atoms with Crippen LogP contribution < -0.4 is 4.74 Å². The Morgan fingerprint density at radius 1 is 1.39 bits per heavy atom. The minimum atomic E-state index is -1.13. The molecule has 1 aliphatic heterocycles. The van der Waals surface area contributed by atoms with Gasteiger partial charge >= 0.3 is 6.16 Å². The first-order valence-electron chi connectivity index (χ1n) is 11.2. The zero-order valence-electron chi connectivity index (χ0n) is 19.8. The molecular formula is C24H33NO8. The number of carbonyl (C=O) groups excluding carboxylic acids is 1. The molecule has 6 atom stereocenters. The van der Waals surface area contributed by atoms with Gasteiger partial charge in [0.1, 0.15) is 18.0 Å². The second kappa shape index (κ2) is 9.79. The zero-order chi connectivity index (χ0) is 24.4. The minimum absolute atomic E-state index is 0.0815. The van der Waals surface area contributed by atoms with Crippen LogP contribution in [0.3, 0.4) is 0 Å². The average molecular weight is 464 g/mol. The molecule has 1 spiro atoms. The molecule has 182 valence electrons. The number of methoxy groups -OCH3 is 1. The average Bonchev–Trinajstić information content (AvgIpc) is 3.52. The first kappa shape index (κ1) is 25.1. The van der Waals surface area contributed by atoms with Crippen molar-refractivity contribution in [2.75, 3.05) is 13.7 Å². The Kier molecular flexibility index (Phi) is 7.45. The van der Waals surface area contributed by atoms with E-state index in [2.05, 4.69) is 6.08 Å². The molecule has 3 rings (SSSR count). The molecule has 1 unspecified atom stereocenters. The summed E-state index contributed by atoms with van der Waals surface area (Å²) in [6.45, 7) is 8.37. The topological polar surface area (TPSA) is 121 Å². The van der Waals surface area contributed by atoms with Crippen LogP contribution in [0, 0.1) is 22.0 Å². The highest BCUT2D eigenvalue weighted by Gasteiger charge is 2.65. The number of hydrogen-bond donors (Lipinski definition) is 1. The summed E-state index contributed by atoms with van der Waals surface area (Å²) in [4.78, 5) is 22.7. The number of aliphatic hydroxyl groups is 1. The van der Waals surface area contributed by atoms with Crippen molar-refractivity contribution >= 4 is 11.8 Å². The summed E-state index contributed by atoms with van der Waals surface area (Å²) < 4.78 is 22.4. The van der Waals surface area contributed by atoms with E-state index in [0.29, 0.717) is 25.9 Å². The van der Waals surface area contributed by atoms with E-state index < -0.39 is 40.4 Å². The molecule has 2 aliphatic rings. The number of non-ortho nitro benzene ring substituents is 1. The van der Waals surface area contributed by atoms with Crippen molar-refractivity contribution in [1.82, 2.24) is 0 Å². The molecule has 1 aromatic carbocycles. The van der Waals surface area contributed by atoms with Crippen molar-refractivity contribution in [3.63, 3.8) is 0 Å². The van der Waals surface area contributed by atoms with E-state index in [0.717, 1.165) is 0 Å². The van der Waals surface area contributed by atoms with Crippen molar-refractivity contribution in [1.29, 1.82) is 0 Å². The summed E-state index contributed by atoms with van der Waals surface area (Å²) in [6, 6.07) is 5.16. The number of hydrogen-bond acceptors (Lipinski definition) is 8. The highest BCUT2D eigenvalue weighted by molar-refractivity contribution is 5.64. The van der Waals surface area contributed by atoms with E-state index in [1.54, 1.807) is 6.92 Å². The van der Waals surface area contributed by atoms with Crippen LogP contribution in [-0.2, 0) is 14.2 Å². The maximum Gasteiger partial charge on any atom is 0.514 e. The molecule has 1 N–H and O–H groups in total. The Balaban J connectivity index is 1.73. The van der Waals surface area contributed by atoms with E-state index in [-0.39, 0.29) is 17.4 Å². The number of allylic oxidation sites excluding steroid dienone is 2. The maximum atomic E-state index is 12.5. The minimum Gasteiger partial charge on any atom is -0.428 e. The number of benzene rings is 1. The third-order valence-electron chi connectivity index (χ3n) is 6.90. The Morgan fingerprint density at radius 3 is 2.55 bits per heavy atom. The zero-order valence-corrected chi connectivity index (χ0v) is 19.8. The van der Waals surface area contributed by atoms with Gasteiger partial charge < -0.3 is 24.1 Å². The van der Waals surface area contributed by atoms with E-state index in [1.807, 2.05) is 20.8 Å². The van der Waals surface area contributed by atoms with E-state index >= 15 is 0 Å². The van der Waals surface area contributed by atoms with Gasteiger partial charge in [0, 0.05) is 25.2 Å². The van der Waals surface area contributed by atoms with Gasteiger partial charge in [-0.1, -0.05) is 18.6 Å². The quantitative estimate of drug-likeness (QED) is 0.150. The van der Waals surface area contributed by atoms with Crippen LogP contribution >= 0.6 is 0 Å². The number of rotatable bonds is 8. The predicted octanol–water partition coefficient (Wildman–Crippen LogP) is 4.42. The van der Waals surface area contributed by atoms with Crippen molar-refractivity contribution in [2.45, 2.75) is 70.4 Å². The molecule has 1 saturated carbocycles. The van der Waals surface area contributed by atoms with Crippen LogP contribution in [0.1, 0.15) is 47.0 Å². The molecule has 2 fully saturated rings. The van der Waals surface area contributed by atoms with Gasteiger partial charge in [0.15, 0.2) is 0 Å². The molecule has 0 bridgehead atoms. The Labute approximate surface area is 193 Å². The van der Waals surface area contributed by atoms with Crippen LogP contribution in [0.2, 0.25) is 0 Å². The molecule has 0 radical (unpaired) electrons. The van der Waals surface area contributed by atoms with Crippen LogP contribution in [0.5, 0.6) is 5.75 Å². The van der Waals surface area contributed by atoms with Gasteiger partial charge in [-0.25, -0.2) is 4.79 Å². The van der Waals surface area contributed by atoms with Gasteiger partial charge in [0.2, 0.25) is 0 Å². The fraction of sp³-hybridized carbons (Fsp3) is 0.625. The Morgan fingerprint density at radius 2 is 2.03 bits per heavy atom. The number of nitrogens with zero attached hydrogens (tertiary/aromatic N) is 1. The molecule has 1 saturated heterocycles. The van der Waals surface area contributed by atoms with E-state index in [1.165, 1.54) is 36.9 Å². The van der Waals surface area contributed by atoms with Gasteiger partial charge in [-0.2, -0.15) is 0 Å². The SMILES string of the molecule is CO[C@@H]1[C@H](OC(=O)Oc2ccc([N+](=O)[O-])cc2)CC[C@]2(CO2)[C@H]1[C@@](C)(O)C(C)CC=C(C)C. The highest BCUT2D eigenvalue weighted by Crippen LogP contribution is 2.53. The number of nitro groups is 1. The van der Waals surface area contributed by atoms with Crippen LogP contribution in [-0.4, -0.2) is 53.3 Å².